The highest BCUT2D eigenvalue weighted by molar-refractivity contribution is 5.96. The van der Waals surface area contributed by atoms with Gasteiger partial charge < -0.3 is 19.5 Å². The van der Waals surface area contributed by atoms with Crippen LogP contribution in [-0.4, -0.2) is 30.8 Å². The van der Waals surface area contributed by atoms with Gasteiger partial charge in [0, 0.05) is 12.1 Å². The largest absolute Gasteiger partial charge is 0.497 e. The molecule has 1 N–H and O–H groups in total. The standard InChI is InChI=1S/C25H33NO4/c1-3-4-5-6-24(30-18-19-7-14-23(29-2)15-8-19)20-9-11-21(12-10-20)26-22(17-27)13-16-25(26)28/h7-12,14-15,22,24,27H,3-6,13,16-18H2,1-2H3/t22-,24?/m1/s1. The summed E-state index contributed by atoms with van der Waals surface area (Å²) in [6.07, 6.45) is 5.65. The molecule has 0 radical (unpaired) electrons. The van der Waals surface area contributed by atoms with E-state index in [9.17, 15) is 9.90 Å². The van der Waals surface area contributed by atoms with Gasteiger partial charge in [-0.15, -0.1) is 0 Å². The molecule has 1 unspecified atom stereocenters. The molecule has 2 aromatic rings. The Morgan fingerprint density at radius 3 is 2.47 bits per heavy atom. The molecule has 1 heterocycles. The summed E-state index contributed by atoms with van der Waals surface area (Å²) in [5.41, 5.74) is 3.08. The monoisotopic (exact) mass is 411 g/mol. The van der Waals surface area contributed by atoms with Gasteiger partial charge in [-0.25, -0.2) is 0 Å². The number of unbranched alkanes of at least 4 members (excludes halogenated alkanes) is 2. The van der Waals surface area contributed by atoms with E-state index in [2.05, 4.69) is 19.1 Å². The zero-order valence-corrected chi connectivity index (χ0v) is 18.0. The van der Waals surface area contributed by atoms with E-state index in [-0.39, 0.29) is 24.7 Å². The number of anilines is 1. The summed E-state index contributed by atoms with van der Waals surface area (Å²) in [4.78, 5) is 14.0. The van der Waals surface area contributed by atoms with Crippen LogP contribution in [0.1, 0.15) is 62.7 Å². The topological polar surface area (TPSA) is 59.0 Å². The van der Waals surface area contributed by atoms with Crippen LogP contribution in [0, 0.1) is 0 Å². The quantitative estimate of drug-likeness (QED) is 0.528. The minimum atomic E-state index is -0.116. The van der Waals surface area contributed by atoms with Crippen molar-refractivity contribution in [3.8, 4) is 5.75 Å². The Balaban J connectivity index is 1.69. The van der Waals surface area contributed by atoms with E-state index >= 15 is 0 Å². The number of hydrogen-bond donors (Lipinski definition) is 1. The molecule has 3 rings (SSSR count). The number of nitrogens with zero attached hydrogens (tertiary/aromatic N) is 1. The predicted molar refractivity (Wildman–Crippen MR) is 119 cm³/mol. The van der Waals surface area contributed by atoms with E-state index in [4.69, 9.17) is 9.47 Å². The van der Waals surface area contributed by atoms with Crippen molar-refractivity contribution in [2.75, 3.05) is 18.6 Å². The lowest BCUT2D eigenvalue weighted by Crippen LogP contribution is -2.35. The van der Waals surface area contributed by atoms with Gasteiger partial charge in [0.25, 0.3) is 0 Å². The van der Waals surface area contributed by atoms with Crippen molar-refractivity contribution in [3.63, 3.8) is 0 Å². The number of benzene rings is 2. The van der Waals surface area contributed by atoms with E-state index in [0.717, 1.165) is 35.4 Å². The van der Waals surface area contributed by atoms with Crippen molar-refractivity contribution in [3.05, 3.63) is 59.7 Å². The summed E-state index contributed by atoms with van der Waals surface area (Å²) >= 11 is 0. The predicted octanol–water partition coefficient (Wildman–Crippen LogP) is 5.02. The molecule has 0 aromatic heterocycles. The lowest BCUT2D eigenvalue weighted by Gasteiger charge is -2.24. The van der Waals surface area contributed by atoms with Gasteiger partial charge in [-0.2, -0.15) is 0 Å². The molecule has 1 aliphatic heterocycles. The zero-order chi connectivity index (χ0) is 21.3. The number of rotatable bonds is 11. The molecule has 5 nitrogen and oxygen atoms in total. The highest BCUT2D eigenvalue weighted by atomic mass is 16.5. The maximum atomic E-state index is 12.2. The van der Waals surface area contributed by atoms with E-state index in [1.165, 1.54) is 12.8 Å². The normalized spacial score (nSPS) is 17.4. The molecule has 1 amide bonds. The number of methoxy groups -OCH3 is 1. The molecule has 162 valence electrons. The molecule has 0 spiro atoms. The van der Waals surface area contributed by atoms with Crippen LogP contribution in [0.25, 0.3) is 0 Å². The van der Waals surface area contributed by atoms with E-state index < -0.39 is 0 Å². The maximum absolute atomic E-state index is 12.2. The SMILES string of the molecule is CCCCCC(OCc1ccc(OC)cc1)c1ccc(N2C(=O)CC[C@@H]2CO)cc1. The third-order valence-electron chi connectivity index (χ3n) is 5.76. The first-order chi connectivity index (χ1) is 14.7. The van der Waals surface area contributed by atoms with Crippen LogP contribution in [0.2, 0.25) is 0 Å². The van der Waals surface area contributed by atoms with Gasteiger partial charge >= 0.3 is 0 Å². The Hall–Kier alpha value is -2.37. The second-order valence-corrected chi connectivity index (χ2v) is 7.87. The fourth-order valence-corrected chi connectivity index (χ4v) is 3.97. The average Bonchev–Trinajstić information content (AvgIpc) is 3.17. The molecule has 2 aromatic carbocycles. The van der Waals surface area contributed by atoms with Crippen LogP contribution in [0.3, 0.4) is 0 Å². The van der Waals surface area contributed by atoms with Gasteiger partial charge in [-0.05, 0) is 48.2 Å². The third-order valence-corrected chi connectivity index (χ3v) is 5.76. The molecule has 0 aliphatic carbocycles. The summed E-state index contributed by atoms with van der Waals surface area (Å²) in [5.74, 6) is 0.920. The second kappa shape index (κ2) is 11.1. The molecule has 5 heteroatoms. The summed E-state index contributed by atoms with van der Waals surface area (Å²) in [6, 6.07) is 15.9. The van der Waals surface area contributed by atoms with E-state index in [0.29, 0.717) is 19.4 Å². The fraction of sp³-hybridized carbons (Fsp3) is 0.480. The minimum Gasteiger partial charge on any atom is -0.497 e. The van der Waals surface area contributed by atoms with Crippen molar-refractivity contribution < 1.29 is 19.4 Å². The molecule has 30 heavy (non-hydrogen) atoms. The Kier molecular flexibility index (Phi) is 8.29. The third kappa shape index (κ3) is 5.61. The van der Waals surface area contributed by atoms with Crippen molar-refractivity contribution >= 4 is 11.6 Å². The van der Waals surface area contributed by atoms with Gasteiger partial charge in [0.1, 0.15) is 5.75 Å². The zero-order valence-electron chi connectivity index (χ0n) is 18.0. The summed E-state index contributed by atoms with van der Waals surface area (Å²) in [7, 11) is 1.66. The number of amides is 1. The summed E-state index contributed by atoms with van der Waals surface area (Å²) in [6.45, 7) is 2.74. The van der Waals surface area contributed by atoms with Gasteiger partial charge in [0.05, 0.1) is 32.5 Å². The number of aliphatic hydroxyl groups is 1. The first-order valence-electron chi connectivity index (χ1n) is 10.9. The average molecular weight is 412 g/mol. The van der Waals surface area contributed by atoms with Gasteiger partial charge in [-0.1, -0.05) is 50.5 Å². The molecule has 2 atom stereocenters. The Morgan fingerprint density at radius 2 is 1.83 bits per heavy atom. The highest BCUT2D eigenvalue weighted by Gasteiger charge is 2.31. The van der Waals surface area contributed by atoms with E-state index in [1.807, 2.05) is 36.4 Å². The molecule has 0 bridgehead atoms. The second-order valence-electron chi connectivity index (χ2n) is 7.87. The number of hydrogen-bond acceptors (Lipinski definition) is 4. The molecule has 1 aliphatic rings. The van der Waals surface area contributed by atoms with Crippen molar-refractivity contribution in [2.45, 2.75) is 64.2 Å². The smallest absolute Gasteiger partial charge is 0.227 e. The van der Waals surface area contributed by atoms with Crippen LogP contribution in [-0.2, 0) is 16.1 Å². The van der Waals surface area contributed by atoms with Crippen LogP contribution in [0.15, 0.2) is 48.5 Å². The molecule has 0 saturated carbocycles. The van der Waals surface area contributed by atoms with Crippen LogP contribution < -0.4 is 9.64 Å². The fourth-order valence-electron chi connectivity index (χ4n) is 3.97. The number of carbonyl (C=O) groups is 1. The van der Waals surface area contributed by atoms with Crippen molar-refractivity contribution in [2.24, 2.45) is 0 Å². The summed E-state index contributed by atoms with van der Waals surface area (Å²) < 4.78 is 11.5. The Bertz CT molecular complexity index is 788. The molecular formula is C25H33NO4. The number of aliphatic hydroxyl groups excluding tert-OH is 1. The van der Waals surface area contributed by atoms with Gasteiger partial charge in [0.2, 0.25) is 5.91 Å². The van der Waals surface area contributed by atoms with E-state index in [1.54, 1.807) is 12.0 Å². The van der Waals surface area contributed by atoms with Crippen LogP contribution >= 0.6 is 0 Å². The maximum Gasteiger partial charge on any atom is 0.227 e. The van der Waals surface area contributed by atoms with Gasteiger partial charge in [-0.3, -0.25) is 4.79 Å². The van der Waals surface area contributed by atoms with Gasteiger partial charge in [0.15, 0.2) is 0 Å². The molecule has 1 fully saturated rings. The number of carbonyl (C=O) groups excluding carboxylic acids is 1. The minimum absolute atomic E-state index is 0.00188. The van der Waals surface area contributed by atoms with Crippen molar-refractivity contribution in [1.82, 2.24) is 0 Å². The Morgan fingerprint density at radius 1 is 1.10 bits per heavy atom. The summed E-state index contributed by atoms with van der Waals surface area (Å²) in [5, 5.41) is 9.57. The Labute approximate surface area is 179 Å². The molecule has 1 saturated heterocycles. The highest BCUT2D eigenvalue weighted by Crippen LogP contribution is 2.31. The lowest BCUT2D eigenvalue weighted by molar-refractivity contribution is -0.117. The first-order valence-corrected chi connectivity index (χ1v) is 10.9. The first kappa shape index (κ1) is 22.3. The number of ether oxygens (including phenoxy) is 2. The lowest BCUT2D eigenvalue weighted by atomic mass is 10.0. The van der Waals surface area contributed by atoms with Crippen molar-refractivity contribution in [1.29, 1.82) is 0 Å². The van der Waals surface area contributed by atoms with Crippen LogP contribution in [0.4, 0.5) is 5.69 Å². The van der Waals surface area contributed by atoms with Crippen LogP contribution in [0.5, 0.6) is 5.75 Å². The molecular weight excluding hydrogens is 378 g/mol.